The van der Waals surface area contributed by atoms with Crippen molar-refractivity contribution in [1.82, 2.24) is 9.78 Å². The lowest BCUT2D eigenvalue weighted by Crippen LogP contribution is -2.05. The second-order valence-corrected chi connectivity index (χ2v) is 5.30. The summed E-state index contributed by atoms with van der Waals surface area (Å²) in [4.78, 5) is 11.6. The minimum absolute atomic E-state index is 0.0739. The van der Waals surface area contributed by atoms with Crippen molar-refractivity contribution in [3.05, 3.63) is 46.7 Å². The fourth-order valence-electron chi connectivity index (χ4n) is 1.80. The first kappa shape index (κ1) is 14.6. The Bertz CT molecular complexity index is 620. The summed E-state index contributed by atoms with van der Waals surface area (Å²) in [5.41, 5.74) is 1.31. The maximum absolute atomic E-state index is 11.6. The SMILES string of the molecule is CC(=O)c1cc(Cl)ccc1OCc1ccn(C(C)C)n1. The Morgan fingerprint density at radius 2 is 2.15 bits per heavy atom. The summed E-state index contributed by atoms with van der Waals surface area (Å²) < 4.78 is 7.54. The fourth-order valence-corrected chi connectivity index (χ4v) is 1.97. The van der Waals surface area contributed by atoms with Gasteiger partial charge < -0.3 is 4.74 Å². The highest BCUT2D eigenvalue weighted by atomic mass is 35.5. The van der Waals surface area contributed by atoms with Crippen molar-refractivity contribution in [1.29, 1.82) is 0 Å². The number of hydrogen-bond acceptors (Lipinski definition) is 3. The Hall–Kier alpha value is -1.81. The second kappa shape index (κ2) is 6.09. The Balaban J connectivity index is 2.12. The Labute approximate surface area is 123 Å². The fraction of sp³-hybridized carbons (Fsp3) is 0.333. The smallest absolute Gasteiger partial charge is 0.163 e. The van der Waals surface area contributed by atoms with Crippen LogP contribution in [0.3, 0.4) is 0 Å². The largest absolute Gasteiger partial charge is 0.486 e. The molecule has 0 aliphatic carbocycles. The highest BCUT2D eigenvalue weighted by Crippen LogP contribution is 2.24. The number of halogens is 1. The molecule has 1 aromatic heterocycles. The molecule has 0 saturated heterocycles. The molecular weight excluding hydrogens is 276 g/mol. The maximum Gasteiger partial charge on any atom is 0.163 e. The van der Waals surface area contributed by atoms with Gasteiger partial charge in [-0.1, -0.05) is 11.6 Å². The lowest BCUT2D eigenvalue weighted by atomic mass is 10.1. The van der Waals surface area contributed by atoms with Crippen LogP contribution in [-0.4, -0.2) is 15.6 Å². The summed E-state index contributed by atoms with van der Waals surface area (Å²) in [5, 5.41) is 4.92. The molecule has 0 bridgehead atoms. The van der Waals surface area contributed by atoms with Crippen LogP contribution in [0.5, 0.6) is 5.75 Å². The molecule has 0 saturated carbocycles. The van der Waals surface area contributed by atoms with Crippen molar-refractivity contribution in [3.8, 4) is 5.75 Å². The van der Waals surface area contributed by atoms with E-state index in [0.717, 1.165) is 5.69 Å². The highest BCUT2D eigenvalue weighted by molar-refractivity contribution is 6.31. The van der Waals surface area contributed by atoms with E-state index in [1.807, 2.05) is 16.9 Å². The van der Waals surface area contributed by atoms with Gasteiger partial charge in [0.2, 0.25) is 0 Å². The zero-order valence-electron chi connectivity index (χ0n) is 11.8. The van der Waals surface area contributed by atoms with Crippen LogP contribution < -0.4 is 4.74 Å². The van der Waals surface area contributed by atoms with Gasteiger partial charge in [0, 0.05) is 17.3 Å². The zero-order chi connectivity index (χ0) is 14.7. The van der Waals surface area contributed by atoms with Crippen LogP contribution in [0, 0.1) is 0 Å². The molecular formula is C15H17ClN2O2. The van der Waals surface area contributed by atoms with E-state index in [2.05, 4.69) is 18.9 Å². The molecule has 4 nitrogen and oxygen atoms in total. The maximum atomic E-state index is 11.6. The van der Waals surface area contributed by atoms with E-state index >= 15 is 0 Å². The molecule has 5 heteroatoms. The molecule has 0 fully saturated rings. The summed E-state index contributed by atoms with van der Waals surface area (Å²) in [7, 11) is 0. The average Bonchev–Trinajstić information content (AvgIpc) is 2.86. The summed E-state index contributed by atoms with van der Waals surface area (Å²) in [6.07, 6.45) is 1.91. The predicted molar refractivity (Wildman–Crippen MR) is 78.4 cm³/mol. The Kier molecular flexibility index (Phi) is 4.45. The number of Topliss-reactive ketones (excluding diaryl/α,β-unsaturated/α-hetero) is 1. The third-order valence-electron chi connectivity index (χ3n) is 2.89. The molecule has 2 rings (SSSR count). The van der Waals surface area contributed by atoms with E-state index < -0.39 is 0 Å². The lowest BCUT2D eigenvalue weighted by Gasteiger charge is -2.09. The van der Waals surface area contributed by atoms with E-state index in [1.165, 1.54) is 6.92 Å². The minimum atomic E-state index is -0.0739. The number of hydrogen-bond donors (Lipinski definition) is 0. The first-order valence-corrected chi connectivity index (χ1v) is 6.82. The number of ether oxygens (including phenoxy) is 1. The van der Waals surface area contributed by atoms with Crippen molar-refractivity contribution >= 4 is 17.4 Å². The first-order valence-electron chi connectivity index (χ1n) is 6.44. The Morgan fingerprint density at radius 3 is 2.75 bits per heavy atom. The van der Waals surface area contributed by atoms with E-state index in [-0.39, 0.29) is 5.78 Å². The van der Waals surface area contributed by atoms with Gasteiger partial charge in [0.15, 0.2) is 5.78 Å². The van der Waals surface area contributed by atoms with Gasteiger partial charge in [-0.2, -0.15) is 5.10 Å². The van der Waals surface area contributed by atoms with Crippen LogP contribution in [0.15, 0.2) is 30.5 Å². The van der Waals surface area contributed by atoms with Crippen LogP contribution in [0.25, 0.3) is 0 Å². The first-order chi connectivity index (χ1) is 9.47. The monoisotopic (exact) mass is 292 g/mol. The molecule has 0 spiro atoms. The molecule has 20 heavy (non-hydrogen) atoms. The minimum Gasteiger partial charge on any atom is -0.486 e. The Morgan fingerprint density at radius 1 is 1.40 bits per heavy atom. The van der Waals surface area contributed by atoms with Gasteiger partial charge >= 0.3 is 0 Å². The molecule has 2 aromatic rings. The molecule has 0 amide bonds. The van der Waals surface area contributed by atoms with Crippen LogP contribution in [0.1, 0.15) is 42.9 Å². The number of aromatic nitrogens is 2. The van der Waals surface area contributed by atoms with Crippen LogP contribution >= 0.6 is 11.6 Å². The van der Waals surface area contributed by atoms with Gasteiger partial charge in [-0.3, -0.25) is 9.48 Å². The second-order valence-electron chi connectivity index (χ2n) is 4.87. The number of benzene rings is 1. The molecule has 0 radical (unpaired) electrons. The van der Waals surface area contributed by atoms with Gasteiger partial charge in [-0.15, -0.1) is 0 Å². The molecule has 0 unspecified atom stereocenters. The van der Waals surface area contributed by atoms with Gasteiger partial charge in [0.25, 0.3) is 0 Å². The van der Waals surface area contributed by atoms with Crippen molar-refractivity contribution in [2.45, 2.75) is 33.4 Å². The quantitative estimate of drug-likeness (QED) is 0.785. The average molecular weight is 293 g/mol. The molecule has 0 aliphatic rings. The number of nitrogens with zero attached hydrogens (tertiary/aromatic N) is 2. The van der Waals surface area contributed by atoms with Gasteiger partial charge in [-0.05, 0) is 45.0 Å². The molecule has 106 valence electrons. The van der Waals surface area contributed by atoms with Crippen molar-refractivity contribution < 1.29 is 9.53 Å². The molecule has 0 atom stereocenters. The van der Waals surface area contributed by atoms with Crippen molar-refractivity contribution in [2.75, 3.05) is 0 Å². The summed E-state index contributed by atoms with van der Waals surface area (Å²) in [6, 6.07) is 7.25. The van der Waals surface area contributed by atoms with E-state index in [1.54, 1.807) is 18.2 Å². The van der Waals surface area contributed by atoms with Gasteiger partial charge in [0.05, 0.1) is 11.3 Å². The molecule has 0 aliphatic heterocycles. The van der Waals surface area contributed by atoms with E-state index in [9.17, 15) is 4.79 Å². The van der Waals surface area contributed by atoms with Crippen molar-refractivity contribution in [2.24, 2.45) is 0 Å². The number of carbonyl (C=O) groups is 1. The molecule has 1 aromatic carbocycles. The van der Waals surface area contributed by atoms with Crippen LogP contribution in [0.4, 0.5) is 0 Å². The normalized spacial score (nSPS) is 10.8. The summed E-state index contributed by atoms with van der Waals surface area (Å²) >= 11 is 5.89. The van der Waals surface area contributed by atoms with Gasteiger partial charge in [-0.25, -0.2) is 0 Å². The summed E-state index contributed by atoms with van der Waals surface area (Å²) in [6.45, 7) is 5.93. The number of carbonyl (C=O) groups excluding carboxylic acids is 1. The van der Waals surface area contributed by atoms with Gasteiger partial charge in [0.1, 0.15) is 12.4 Å². The van der Waals surface area contributed by atoms with Crippen LogP contribution in [0.2, 0.25) is 5.02 Å². The predicted octanol–water partition coefficient (Wildman–Crippen LogP) is 3.90. The lowest BCUT2D eigenvalue weighted by molar-refractivity contribution is 0.101. The van der Waals surface area contributed by atoms with Crippen molar-refractivity contribution in [3.63, 3.8) is 0 Å². The zero-order valence-corrected chi connectivity index (χ0v) is 12.5. The van der Waals surface area contributed by atoms with E-state index in [4.69, 9.17) is 16.3 Å². The summed E-state index contributed by atoms with van der Waals surface area (Å²) in [5.74, 6) is 0.455. The topological polar surface area (TPSA) is 44.1 Å². The standard InChI is InChI=1S/C15H17ClN2O2/c1-10(2)18-7-6-13(17-18)9-20-15-5-4-12(16)8-14(15)11(3)19/h4-8,10H,9H2,1-3H3. The molecule has 1 heterocycles. The van der Waals surface area contributed by atoms with E-state index in [0.29, 0.717) is 29.0 Å². The molecule has 0 N–H and O–H groups in total. The third kappa shape index (κ3) is 3.39. The highest BCUT2D eigenvalue weighted by Gasteiger charge is 2.10. The third-order valence-corrected chi connectivity index (χ3v) is 3.12. The number of ketones is 1. The van der Waals surface area contributed by atoms with Crippen LogP contribution in [-0.2, 0) is 6.61 Å². The number of rotatable bonds is 5.